The Bertz CT molecular complexity index is 571. The van der Waals surface area contributed by atoms with Crippen LogP contribution in [0, 0.1) is 12.7 Å². The molecule has 0 bridgehead atoms. The number of nitrogens with zero attached hydrogens (tertiary/aromatic N) is 1. The van der Waals surface area contributed by atoms with E-state index in [2.05, 4.69) is 17.2 Å². The lowest BCUT2D eigenvalue weighted by Crippen LogP contribution is -2.20. The number of aromatic nitrogens is 1. The van der Waals surface area contributed by atoms with Crippen molar-refractivity contribution in [3.63, 3.8) is 0 Å². The Morgan fingerprint density at radius 1 is 1.40 bits per heavy atom. The average Bonchev–Trinajstić information content (AvgIpc) is 2.81. The van der Waals surface area contributed by atoms with E-state index in [9.17, 15) is 4.39 Å². The lowest BCUT2D eigenvalue weighted by atomic mass is 10.2. The van der Waals surface area contributed by atoms with Crippen molar-refractivity contribution in [1.29, 1.82) is 0 Å². The summed E-state index contributed by atoms with van der Waals surface area (Å²) in [4.78, 5) is 5.59. The summed E-state index contributed by atoms with van der Waals surface area (Å²) in [6.45, 7) is 4.94. The van der Waals surface area contributed by atoms with Gasteiger partial charge in [-0.3, -0.25) is 0 Å². The van der Waals surface area contributed by atoms with Crippen LogP contribution in [-0.2, 0) is 0 Å². The Labute approximate surface area is 122 Å². The molecule has 5 heteroatoms. The lowest BCUT2D eigenvalue weighted by molar-refractivity contribution is 0.284. The predicted octanol–water partition coefficient (Wildman–Crippen LogP) is 3.29. The van der Waals surface area contributed by atoms with Gasteiger partial charge in [-0.25, -0.2) is 9.37 Å². The van der Waals surface area contributed by atoms with Crippen LogP contribution in [0.5, 0.6) is 0 Å². The molecule has 0 aliphatic rings. The van der Waals surface area contributed by atoms with Crippen LogP contribution in [0.3, 0.4) is 0 Å². The van der Waals surface area contributed by atoms with Gasteiger partial charge in [-0.2, -0.15) is 0 Å². The van der Waals surface area contributed by atoms with Gasteiger partial charge in [-0.15, -0.1) is 11.3 Å². The van der Waals surface area contributed by atoms with Gasteiger partial charge in [-0.05, 0) is 38.9 Å². The highest BCUT2D eigenvalue weighted by molar-refractivity contribution is 7.15. The highest BCUT2D eigenvalue weighted by Crippen LogP contribution is 2.32. The summed E-state index contributed by atoms with van der Waals surface area (Å²) in [5, 5.41) is 12.8. The van der Waals surface area contributed by atoms with E-state index in [1.807, 2.05) is 13.0 Å². The number of hydrogen-bond acceptors (Lipinski definition) is 4. The van der Waals surface area contributed by atoms with Crippen LogP contribution in [0.15, 0.2) is 24.3 Å². The molecule has 1 atom stereocenters. The molecule has 108 valence electrons. The fourth-order valence-electron chi connectivity index (χ4n) is 2.05. The lowest BCUT2D eigenvalue weighted by Gasteiger charge is -2.11. The first-order valence-corrected chi connectivity index (χ1v) is 7.51. The normalized spacial score (nSPS) is 12.6. The van der Waals surface area contributed by atoms with Crippen LogP contribution in [0.2, 0.25) is 0 Å². The van der Waals surface area contributed by atoms with Crippen molar-refractivity contribution in [3.05, 3.63) is 40.7 Å². The maximum absolute atomic E-state index is 13.8. The van der Waals surface area contributed by atoms with Crippen molar-refractivity contribution in [3.8, 4) is 10.6 Å². The highest BCUT2D eigenvalue weighted by Gasteiger charge is 2.16. The van der Waals surface area contributed by atoms with Gasteiger partial charge < -0.3 is 10.4 Å². The van der Waals surface area contributed by atoms with Crippen molar-refractivity contribution < 1.29 is 9.50 Å². The topological polar surface area (TPSA) is 45.2 Å². The van der Waals surface area contributed by atoms with Crippen molar-refractivity contribution in [1.82, 2.24) is 10.3 Å². The first kappa shape index (κ1) is 15.1. The zero-order valence-electron chi connectivity index (χ0n) is 11.7. The monoisotopic (exact) mass is 294 g/mol. The molecule has 0 radical (unpaired) electrons. The van der Waals surface area contributed by atoms with E-state index in [-0.39, 0.29) is 18.5 Å². The number of aliphatic hydroxyl groups excluding tert-OH is 1. The number of rotatable bonds is 6. The van der Waals surface area contributed by atoms with E-state index in [4.69, 9.17) is 5.11 Å². The van der Waals surface area contributed by atoms with Gasteiger partial charge in [0.15, 0.2) is 0 Å². The van der Waals surface area contributed by atoms with Gasteiger partial charge in [-0.1, -0.05) is 12.1 Å². The third kappa shape index (κ3) is 3.42. The summed E-state index contributed by atoms with van der Waals surface area (Å²) >= 11 is 1.52. The van der Waals surface area contributed by atoms with Crippen LogP contribution in [0.25, 0.3) is 10.6 Å². The second kappa shape index (κ2) is 6.92. The molecule has 0 spiro atoms. The quantitative estimate of drug-likeness (QED) is 0.804. The SMILES string of the molecule is Cc1nc(-c2ccccc2F)sc1C(C)NCCCO. The van der Waals surface area contributed by atoms with Gasteiger partial charge in [0.25, 0.3) is 0 Å². The molecule has 20 heavy (non-hydrogen) atoms. The average molecular weight is 294 g/mol. The predicted molar refractivity (Wildman–Crippen MR) is 80.4 cm³/mol. The Kier molecular flexibility index (Phi) is 5.23. The molecule has 0 saturated carbocycles. The Balaban J connectivity index is 2.19. The zero-order valence-corrected chi connectivity index (χ0v) is 12.5. The van der Waals surface area contributed by atoms with Gasteiger partial charge in [0, 0.05) is 23.1 Å². The van der Waals surface area contributed by atoms with Gasteiger partial charge in [0.05, 0.1) is 5.69 Å². The van der Waals surface area contributed by atoms with Crippen molar-refractivity contribution >= 4 is 11.3 Å². The minimum Gasteiger partial charge on any atom is -0.396 e. The summed E-state index contributed by atoms with van der Waals surface area (Å²) in [5.74, 6) is -0.242. The molecular weight excluding hydrogens is 275 g/mol. The molecule has 1 unspecified atom stereocenters. The molecule has 0 fully saturated rings. The van der Waals surface area contributed by atoms with Crippen LogP contribution in [-0.4, -0.2) is 23.2 Å². The largest absolute Gasteiger partial charge is 0.396 e. The van der Waals surface area contributed by atoms with E-state index in [0.717, 1.165) is 23.5 Å². The van der Waals surface area contributed by atoms with Crippen LogP contribution >= 0.6 is 11.3 Å². The molecule has 0 aliphatic carbocycles. The fourth-order valence-corrected chi connectivity index (χ4v) is 3.17. The molecule has 0 saturated heterocycles. The maximum atomic E-state index is 13.8. The van der Waals surface area contributed by atoms with Crippen molar-refractivity contribution in [2.24, 2.45) is 0 Å². The zero-order chi connectivity index (χ0) is 14.5. The second-order valence-corrected chi connectivity index (χ2v) is 5.73. The number of aliphatic hydroxyl groups is 1. The number of aryl methyl sites for hydroxylation is 1. The summed E-state index contributed by atoms with van der Waals surface area (Å²) in [5.41, 5.74) is 1.48. The second-order valence-electron chi connectivity index (χ2n) is 4.70. The van der Waals surface area contributed by atoms with E-state index < -0.39 is 0 Å². The van der Waals surface area contributed by atoms with Crippen molar-refractivity contribution in [2.75, 3.05) is 13.2 Å². The molecule has 3 nitrogen and oxygen atoms in total. The third-order valence-electron chi connectivity index (χ3n) is 3.12. The van der Waals surface area contributed by atoms with Crippen LogP contribution in [0.4, 0.5) is 4.39 Å². The molecule has 2 aromatic rings. The van der Waals surface area contributed by atoms with Crippen LogP contribution < -0.4 is 5.32 Å². The molecular formula is C15H19FN2OS. The number of benzene rings is 1. The molecule has 1 aromatic heterocycles. The number of thiazole rings is 1. The maximum Gasteiger partial charge on any atom is 0.133 e. The summed E-state index contributed by atoms with van der Waals surface area (Å²) in [7, 11) is 0. The molecule has 1 aromatic carbocycles. The third-order valence-corrected chi connectivity index (χ3v) is 4.49. The van der Waals surface area contributed by atoms with E-state index in [1.165, 1.54) is 17.4 Å². The standard InChI is InChI=1S/C15H19FN2OS/c1-10(17-8-5-9-19)14-11(2)18-15(20-14)12-6-3-4-7-13(12)16/h3-4,6-7,10,17,19H,5,8-9H2,1-2H3. The Morgan fingerprint density at radius 3 is 2.85 bits per heavy atom. The number of nitrogens with one attached hydrogen (secondary N) is 1. The smallest absolute Gasteiger partial charge is 0.133 e. The van der Waals surface area contributed by atoms with Crippen molar-refractivity contribution in [2.45, 2.75) is 26.3 Å². The van der Waals surface area contributed by atoms with Gasteiger partial charge in [0.2, 0.25) is 0 Å². The van der Waals surface area contributed by atoms with Gasteiger partial charge >= 0.3 is 0 Å². The minimum absolute atomic E-state index is 0.152. The molecule has 0 amide bonds. The summed E-state index contributed by atoms with van der Waals surface area (Å²) < 4.78 is 13.8. The van der Waals surface area contributed by atoms with E-state index in [1.54, 1.807) is 12.1 Å². The minimum atomic E-state index is -0.242. The number of hydrogen-bond donors (Lipinski definition) is 2. The highest BCUT2D eigenvalue weighted by atomic mass is 32.1. The molecule has 1 heterocycles. The Morgan fingerprint density at radius 2 is 2.15 bits per heavy atom. The fraction of sp³-hybridized carbons (Fsp3) is 0.400. The first-order chi connectivity index (χ1) is 9.63. The van der Waals surface area contributed by atoms with E-state index in [0.29, 0.717) is 10.6 Å². The Hall–Kier alpha value is -1.30. The molecule has 0 aliphatic heterocycles. The number of halogens is 1. The van der Waals surface area contributed by atoms with Crippen LogP contribution in [0.1, 0.15) is 30.0 Å². The van der Waals surface area contributed by atoms with E-state index >= 15 is 0 Å². The molecule has 2 N–H and O–H groups in total. The van der Waals surface area contributed by atoms with Gasteiger partial charge in [0.1, 0.15) is 10.8 Å². The first-order valence-electron chi connectivity index (χ1n) is 6.70. The molecule has 2 rings (SSSR count). The summed E-state index contributed by atoms with van der Waals surface area (Å²) in [6, 6.07) is 6.85. The summed E-state index contributed by atoms with van der Waals surface area (Å²) in [6.07, 6.45) is 0.725.